The number of hydrogen-bond donors (Lipinski definition) is 9. The molecule has 0 heterocycles. The van der Waals surface area contributed by atoms with Gasteiger partial charge in [-0.1, -0.05) is 26.7 Å². The molecule has 14 nitrogen and oxygen atoms in total. The van der Waals surface area contributed by atoms with Crippen molar-refractivity contribution in [3.8, 4) is 0 Å². The summed E-state index contributed by atoms with van der Waals surface area (Å²) in [4.78, 5) is 53.2. The fraction of sp³-hybridized carbons (Fsp3) is 0.762. The van der Waals surface area contributed by atoms with E-state index < -0.39 is 54.5 Å². The third-order valence-electron chi connectivity index (χ3n) is 5.47. The lowest BCUT2D eigenvalue weighted by Gasteiger charge is -2.27. The van der Waals surface area contributed by atoms with Crippen molar-refractivity contribution < 1.29 is 29.4 Å². The first kappa shape index (κ1) is 32.0. The number of carboxylic acid groups (broad SMARTS) is 1. The molecule has 202 valence electrons. The van der Waals surface area contributed by atoms with Gasteiger partial charge in [-0.3, -0.25) is 19.4 Å². The number of aliphatic hydroxyl groups is 1. The van der Waals surface area contributed by atoms with Crippen molar-refractivity contribution >= 4 is 29.7 Å². The summed E-state index contributed by atoms with van der Waals surface area (Å²) in [6.07, 6.45) is 2.62. The third-order valence-corrected chi connectivity index (χ3v) is 5.47. The molecule has 0 saturated carbocycles. The van der Waals surface area contributed by atoms with Crippen molar-refractivity contribution in [3.05, 3.63) is 0 Å². The number of nitrogens with one attached hydrogen (secondary N) is 3. The molecule has 0 rings (SSSR count). The maximum atomic E-state index is 12.9. The quantitative estimate of drug-likeness (QED) is 0.0523. The highest BCUT2D eigenvalue weighted by atomic mass is 16.4. The van der Waals surface area contributed by atoms with Gasteiger partial charge in [-0.25, -0.2) is 4.79 Å². The molecule has 0 bridgehead atoms. The van der Waals surface area contributed by atoms with E-state index in [9.17, 15) is 29.4 Å². The van der Waals surface area contributed by atoms with Gasteiger partial charge in [0.1, 0.15) is 18.1 Å². The fourth-order valence-corrected chi connectivity index (χ4v) is 3.09. The summed E-state index contributed by atoms with van der Waals surface area (Å²) < 4.78 is 0. The van der Waals surface area contributed by atoms with Gasteiger partial charge in [0, 0.05) is 6.54 Å². The van der Waals surface area contributed by atoms with E-state index in [4.69, 9.17) is 22.9 Å². The summed E-state index contributed by atoms with van der Waals surface area (Å²) >= 11 is 0. The van der Waals surface area contributed by atoms with E-state index in [1.165, 1.54) is 0 Å². The molecule has 0 aliphatic carbocycles. The molecule has 0 aromatic heterocycles. The molecule has 35 heavy (non-hydrogen) atoms. The summed E-state index contributed by atoms with van der Waals surface area (Å²) in [5.41, 5.74) is 21.8. The van der Waals surface area contributed by atoms with Crippen molar-refractivity contribution in [2.45, 2.75) is 76.5 Å². The molecule has 5 atom stereocenters. The molecular formula is C21H42N8O6. The smallest absolute Gasteiger partial charge is 0.326 e. The number of carbonyl (C=O) groups excluding carboxylic acids is 3. The van der Waals surface area contributed by atoms with Crippen LogP contribution in [0.1, 0.15) is 52.4 Å². The second-order valence-electron chi connectivity index (χ2n) is 8.35. The van der Waals surface area contributed by atoms with E-state index in [1.54, 1.807) is 6.92 Å². The van der Waals surface area contributed by atoms with E-state index in [2.05, 4.69) is 20.9 Å². The van der Waals surface area contributed by atoms with E-state index in [0.29, 0.717) is 25.8 Å². The molecular weight excluding hydrogens is 460 g/mol. The largest absolute Gasteiger partial charge is 0.480 e. The van der Waals surface area contributed by atoms with Crippen LogP contribution in [-0.4, -0.2) is 83.7 Å². The minimum atomic E-state index is -1.43. The van der Waals surface area contributed by atoms with Gasteiger partial charge in [0.05, 0.1) is 12.6 Å². The summed E-state index contributed by atoms with van der Waals surface area (Å²) in [6, 6.07) is -4.54. The van der Waals surface area contributed by atoms with E-state index in [1.807, 2.05) is 6.92 Å². The Labute approximate surface area is 205 Å². The minimum Gasteiger partial charge on any atom is -0.480 e. The lowest BCUT2D eigenvalue weighted by atomic mass is 9.97. The van der Waals surface area contributed by atoms with Gasteiger partial charge >= 0.3 is 5.97 Å². The normalized spacial score (nSPS) is 15.1. The first-order valence-electron chi connectivity index (χ1n) is 11.7. The Morgan fingerprint density at radius 2 is 1.54 bits per heavy atom. The number of aliphatic imine (C=N–C) groups is 1. The average Bonchev–Trinajstić information content (AvgIpc) is 2.81. The molecule has 14 heteroatoms. The molecule has 0 aliphatic rings. The lowest BCUT2D eigenvalue weighted by molar-refractivity contribution is -0.142. The molecule has 0 aliphatic heterocycles. The molecule has 0 fully saturated rings. The summed E-state index contributed by atoms with van der Waals surface area (Å²) in [5, 5.41) is 26.3. The molecule has 3 amide bonds. The monoisotopic (exact) mass is 502 g/mol. The number of hydrogen-bond acceptors (Lipinski definition) is 8. The van der Waals surface area contributed by atoms with Crippen LogP contribution < -0.4 is 38.9 Å². The Morgan fingerprint density at radius 3 is 2.06 bits per heavy atom. The zero-order valence-electron chi connectivity index (χ0n) is 20.5. The highest BCUT2D eigenvalue weighted by molar-refractivity contribution is 5.94. The van der Waals surface area contributed by atoms with Crippen molar-refractivity contribution in [2.75, 3.05) is 19.7 Å². The number of carboxylic acids is 1. The van der Waals surface area contributed by atoms with Crippen LogP contribution in [-0.2, 0) is 19.2 Å². The Balaban J connectivity index is 5.18. The van der Waals surface area contributed by atoms with E-state index in [-0.39, 0.29) is 31.3 Å². The summed E-state index contributed by atoms with van der Waals surface area (Å²) in [7, 11) is 0. The molecule has 13 N–H and O–H groups in total. The predicted octanol–water partition coefficient (Wildman–Crippen LogP) is -2.93. The lowest BCUT2D eigenvalue weighted by Crippen LogP contribution is -2.59. The molecule has 5 unspecified atom stereocenters. The van der Waals surface area contributed by atoms with Crippen LogP contribution in [0.3, 0.4) is 0 Å². The number of guanidine groups is 1. The predicted molar refractivity (Wildman–Crippen MR) is 131 cm³/mol. The molecule has 0 aromatic carbocycles. The minimum absolute atomic E-state index is 0.0253. The SMILES string of the molecule is CCC(C)C(NC(=O)C(N)CCCCN)C(=O)NC(CO)C(=O)NC(CCCN=C(N)N)C(=O)O. The number of aliphatic hydroxyl groups excluding tert-OH is 1. The zero-order chi connectivity index (χ0) is 27.0. The number of nitrogens with two attached hydrogens (primary N) is 4. The van der Waals surface area contributed by atoms with Crippen LogP contribution in [0.5, 0.6) is 0 Å². The standard InChI is InChI=1S/C21H42N8O6/c1-3-12(2)16(29-17(31)13(23)7-4-5-9-22)19(33)28-15(11-30)18(32)27-14(20(34)35)8-6-10-26-21(24)25/h12-16,30H,3-11,22-23H2,1-2H3,(H,27,32)(H,28,33)(H,29,31)(H,34,35)(H4,24,25,26). The summed E-state index contributed by atoms with van der Waals surface area (Å²) in [5.74, 6) is -3.83. The highest BCUT2D eigenvalue weighted by Crippen LogP contribution is 2.10. The number of rotatable bonds is 18. The maximum absolute atomic E-state index is 12.9. The maximum Gasteiger partial charge on any atom is 0.326 e. The fourth-order valence-electron chi connectivity index (χ4n) is 3.09. The first-order valence-corrected chi connectivity index (χ1v) is 11.7. The van der Waals surface area contributed by atoms with Crippen molar-refractivity contribution in [3.63, 3.8) is 0 Å². The highest BCUT2D eigenvalue weighted by Gasteiger charge is 2.32. The number of nitrogens with zero attached hydrogens (tertiary/aromatic N) is 1. The van der Waals surface area contributed by atoms with Gasteiger partial charge < -0.3 is 49.1 Å². The van der Waals surface area contributed by atoms with Crippen LogP contribution >= 0.6 is 0 Å². The molecule has 0 saturated heterocycles. The number of unbranched alkanes of at least 4 members (excludes halogenated alkanes) is 1. The van der Waals surface area contributed by atoms with Crippen LogP contribution in [0.25, 0.3) is 0 Å². The number of aliphatic carboxylic acids is 1. The Hall–Kier alpha value is -2.97. The van der Waals surface area contributed by atoms with Crippen LogP contribution in [0, 0.1) is 5.92 Å². The zero-order valence-corrected chi connectivity index (χ0v) is 20.5. The van der Waals surface area contributed by atoms with Gasteiger partial charge in [-0.2, -0.15) is 0 Å². The van der Waals surface area contributed by atoms with Gasteiger partial charge in [-0.05, 0) is 38.1 Å². The third kappa shape index (κ3) is 12.9. The topological polar surface area (TPSA) is 261 Å². The first-order chi connectivity index (χ1) is 16.5. The second-order valence-corrected chi connectivity index (χ2v) is 8.35. The van der Waals surface area contributed by atoms with Crippen LogP contribution in [0.4, 0.5) is 0 Å². The molecule has 0 radical (unpaired) electrons. The van der Waals surface area contributed by atoms with Crippen LogP contribution in [0.15, 0.2) is 4.99 Å². The molecule has 0 aromatic rings. The second kappa shape index (κ2) is 17.5. The Morgan fingerprint density at radius 1 is 0.914 bits per heavy atom. The van der Waals surface area contributed by atoms with Crippen molar-refractivity contribution in [1.29, 1.82) is 0 Å². The van der Waals surface area contributed by atoms with E-state index in [0.717, 1.165) is 6.42 Å². The average molecular weight is 503 g/mol. The van der Waals surface area contributed by atoms with Crippen LogP contribution in [0.2, 0.25) is 0 Å². The van der Waals surface area contributed by atoms with Gasteiger partial charge in [0.25, 0.3) is 0 Å². The Kier molecular flexibility index (Phi) is 16.0. The molecule has 0 spiro atoms. The van der Waals surface area contributed by atoms with Crippen molar-refractivity contribution in [1.82, 2.24) is 16.0 Å². The van der Waals surface area contributed by atoms with Crippen molar-refractivity contribution in [2.24, 2.45) is 33.8 Å². The summed E-state index contributed by atoms with van der Waals surface area (Å²) in [6.45, 7) is 3.45. The van der Waals surface area contributed by atoms with E-state index >= 15 is 0 Å². The Bertz CT molecular complexity index is 716. The number of carbonyl (C=O) groups is 4. The van der Waals surface area contributed by atoms with Gasteiger partial charge in [-0.15, -0.1) is 0 Å². The number of amides is 3. The van der Waals surface area contributed by atoms with Gasteiger partial charge in [0.2, 0.25) is 17.7 Å². The van der Waals surface area contributed by atoms with Gasteiger partial charge in [0.15, 0.2) is 5.96 Å².